The van der Waals surface area contributed by atoms with Crippen LogP contribution >= 0.6 is 0 Å². The molecule has 2 aromatic heterocycles. The van der Waals surface area contributed by atoms with Gasteiger partial charge in [-0.1, -0.05) is 0 Å². The van der Waals surface area contributed by atoms with E-state index < -0.39 is 10.8 Å². The summed E-state index contributed by atoms with van der Waals surface area (Å²) in [5.41, 5.74) is 3.58. The van der Waals surface area contributed by atoms with Gasteiger partial charge in [-0.15, -0.1) is 5.10 Å². The molecule has 11 heteroatoms. The Balaban J connectivity index is 1.79. The van der Waals surface area contributed by atoms with Gasteiger partial charge in [0.15, 0.2) is 0 Å². The van der Waals surface area contributed by atoms with E-state index in [4.69, 9.17) is 0 Å². The Morgan fingerprint density at radius 2 is 2.12 bits per heavy atom. The number of fused-ring (bicyclic) bond motifs is 1. The molecule has 1 aromatic carbocycles. The molecule has 0 aliphatic heterocycles. The third kappa shape index (κ3) is 3.31. The number of aryl methyl sites for hydroxylation is 2. The lowest BCUT2D eigenvalue weighted by atomic mass is 10.2. The maximum atomic E-state index is 12.1. The highest BCUT2D eigenvalue weighted by molar-refractivity contribution is 5.92. The summed E-state index contributed by atoms with van der Waals surface area (Å²) in [6.45, 7) is 3.61. The summed E-state index contributed by atoms with van der Waals surface area (Å²) in [4.78, 5) is 30.5. The topological polar surface area (TPSA) is 148 Å². The van der Waals surface area contributed by atoms with E-state index in [9.17, 15) is 20.0 Å². The summed E-state index contributed by atoms with van der Waals surface area (Å²) in [6.07, 6.45) is 1.09. The van der Waals surface area contributed by atoms with Crippen LogP contribution in [0.5, 0.6) is 5.75 Å². The molecule has 0 fully saturated rings. The number of benzene rings is 1. The maximum absolute atomic E-state index is 12.1. The largest absolute Gasteiger partial charge is 0.507 e. The Labute approximate surface area is 146 Å². The number of phenolic OH excluding ortho intramolecular Hbond substituents is 1. The molecule has 0 saturated carbocycles. The molecule has 0 bridgehead atoms. The summed E-state index contributed by atoms with van der Waals surface area (Å²) in [6, 6.07) is 5.25. The van der Waals surface area contributed by atoms with Crippen LogP contribution in [0.3, 0.4) is 0 Å². The van der Waals surface area contributed by atoms with Crippen molar-refractivity contribution in [2.24, 2.45) is 5.10 Å². The number of nitrogens with one attached hydrogen (secondary N) is 1. The fourth-order valence-electron chi connectivity index (χ4n) is 2.23. The van der Waals surface area contributed by atoms with Crippen LogP contribution in [-0.4, -0.2) is 41.7 Å². The van der Waals surface area contributed by atoms with Crippen LogP contribution in [0.15, 0.2) is 29.4 Å². The van der Waals surface area contributed by atoms with Crippen LogP contribution in [0.25, 0.3) is 5.78 Å². The van der Waals surface area contributed by atoms with Gasteiger partial charge in [0.2, 0.25) is 5.82 Å². The number of hydrogen-bond donors (Lipinski definition) is 2. The Bertz CT molecular complexity index is 1060. The number of nitro benzene ring substituents is 1. The van der Waals surface area contributed by atoms with Crippen LogP contribution in [-0.2, 0) is 0 Å². The molecule has 11 nitrogen and oxygen atoms in total. The van der Waals surface area contributed by atoms with Crippen molar-refractivity contribution in [3.8, 4) is 5.75 Å². The van der Waals surface area contributed by atoms with Crippen molar-refractivity contribution in [1.29, 1.82) is 0 Å². The van der Waals surface area contributed by atoms with Crippen LogP contribution in [0, 0.1) is 24.0 Å². The second-order valence-corrected chi connectivity index (χ2v) is 5.39. The standard InChI is InChI=1S/C15H13N7O4/c1-8-5-9(2)21-15(17-8)18-13(20-21)14(24)19-16-7-10-6-11(22(25)26)3-4-12(10)23/h3-7,23H,1-2H3,(H,19,24)/b16-7+. The number of rotatable bonds is 4. The third-order valence-electron chi connectivity index (χ3n) is 3.41. The number of nitro groups is 1. The zero-order valence-corrected chi connectivity index (χ0v) is 13.7. The van der Waals surface area contributed by atoms with Gasteiger partial charge in [0.05, 0.1) is 11.1 Å². The van der Waals surface area contributed by atoms with Crippen molar-refractivity contribution >= 4 is 23.6 Å². The van der Waals surface area contributed by atoms with Gasteiger partial charge in [0.25, 0.3) is 11.5 Å². The number of non-ortho nitro benzene ring substituents is 1. The molecule has 3 aromatic rings. The number of hydrazone groups is 1. The second-order valence-electron chi connectivity index (χ2n) is 5.39. The molecule has 0 unspecified atom stereocenters. The van der Waals surface area contributed by atoms with Gasteiger partial charge in [-0.2, -0.15) is 10.1 Å². The number of hydrogen-bond acceptors (Lipinski definition) is 8. The van der Waals surface area contributed by atoms with E-state index in [1.165, 1.54) is 10.6 Å². The predicted octanol–water partition coefficient (Wildman–Crippen LogP) is 1.12. The van der Waals surface area contributed by atoms with Gasteiger partial charge >= 0.3 is 5.91 Å². The fourth-order valence-corrected chi connectivity index (χ4v) is 2.23. The van der Waals surface area contributed by atoms with Gasteiger partial charge < -0.3 is 5.11 Å². The molecule has 0 atom stereocenters. The zero-order chi connectivity index (χ0) is 18.8. The van der Waals surface area contributed by atoms with Crippen LogP contribution < -0.4 is 5.43 Å². The van der Waals surface area contributed by atoms with E-state index in [2.05, 4.69) is 25.6 Å². The first kappa shape index (κ1) is 17.0. The summed E-state index contributed by atoms with van der Waals surface area (Å²) < 4.78 is 1.43. The van der Waals surface area contributed by atoms with Gasteiger partial charge in [-0.3, -0.25) is 14.9 Å². The molecule has 0 radical (unpaired) electrons. The first-order chi connectivity index (χ1) is 12.3. The first-order valence-electron chi connectivity index (χ1n) is 7.37. The van der Waals surface area contributed by atoms with Gasteiger partial charge in [-0.25, -0.2) is 14.9 Å². The second kappa shape index (κ2) is 6.55. The fraction of sp³-hybridized carbons (Fsp3) is 0.133. The number of amides is 1. The van der Waals surface area contributed by atoms with Crippen molar-refractivity contribution in [2.45, 2.75) is 13.8 Å². The Morgan fingerprint density at radius 3 is 2.85 bits per heavy atom. The van der Waals surface area contributed by atoms with Crippen molar-refractivity contribution in [3.63, 3.8) is 0 Å². The molecule has 26 heavy (non-hydrogen) atoms. The Kier molecular flexibility index (Phi) is 4.27. The number of carbonyl (C=O) groups is 1. The molecule has 132 valence electrons. The molecule has 2 N–H and O–H groups in total. The summed E-state index contributed by atoms with van der Waals surface area (Å²) in [7, 11) is 0. The minimum atomic E-state index is -0.686. The lowest BCUT2D eigenvalue weighted by molar-refractivity contribution is -0.384. The van der Waals surface area contributed by atoms with Crippen molar-refractivity contribution in [2.75, 3.05) is 0 Å². The van der Waals surface area contributed by atoms with Crippen molar-refractivity contribution in [1.82, 2.24) is 25.0 Å². The highest BCUT2D eigenvalue weighted by Crippen LogP contribution is 2.21. The lowest BCUT2D eigenvalue weighted by Gasteiger charge is -1.99. The maximum Gasteiger partial charge on any atom is 0.311 e. The molecule has 0 aliphatic carbocycles. The monoisotopic (exact) mass is 355 g/mol. The lowest BCUT2D eigenvalue weighted by Crippen LogP contribution is -2.19. The smallest absolute Gasteiger partial charge is 0.311 e. The van der Waals surface area contributed by atoms with Gasteiger partial charge in [-0.05, 0) is 26.0 Å². The third-order valence-corrected chi connectivity index (χ3v) is 3.41. The molecule has 3 rings (SSSR count). The van der Waals surface area contributed by atoms with Crippen LogP contribution in [0.4, 0.5) is 5.69 Å². The van der Waals surface area contributed by atoms with Crippen LogP contribution in [0.1, 0.15) is 27.6 Å². The normalized spacial score (nSPS) is 11.2. The van der Waals surface area contributed by atoms with Gasteiger partial charge in [0.1, 0.15) is 5.75 Å². The number of carbonyl (C=O) groups excluding carboxylic acids is 1. The van der Waals surface area contributed by atoms with E-state index in [1.54, 1.807) is 19.9 Å². The molecular weight excluding hydrogens is 342 g/mol. The van der Waals surface area contributed by atoms with E-state index in [1.807, 2.05) is 0 Å². The molecule has 0 aliphatic rings. The zero-order valence-electron chi connectivity index (χ0n) is 13.7. The first-order valence-corrected chi connectivity index (χ1v) is 7.37. The highest BCUT2D eigenvalue weighted by Gasteiger charge is 2.14. The SMILES string of the molecule is Cc1cc(C)n2nc(C(=O)N/N=C/c3cc([N+](=O)[O-])ccc3O)nc2n1. The molecule has 2 heterocycles. The molecule has 1 amide bonds. The number of aromatic hydroxyl groups is 1. The number of aromatic nitrogens is 4. The summed E-state index contributed by atoms with van der Waals surface area (Å²) >= 11 is 0. The average Bonchev–Trinajstić information content (AvgIpc) is 3.00. The minimum Gasteiger partial charge on any atom is -0.507 e. The van der Waals surface area contributed by atoms with Crippen molar-refractivity contribution in [3.05, 3.63) is 57.2 Å². The van der Waals surface area contributed by atoms with Crippen LogP contribution in [0.2, 0.25) is 0 Å². The van der Waals surface area contributed by atoms with E-state index in [0.717, 1.165) is 29.7 Å². The van der Waals surface area contributed by atoms with Gasteiger partial charge in [0, 0.05) is 29.1 Å². The highest BCUT2D eigenvalue weighted by atomic mass is 16.6. The predicted molar refractivity (Wildman–Crippen MR) is 90.1 cm³/mol. The quantitative estimate of drug-likeness (QED) is 0.404. The average molecular weight is 355 g/mol. The molecule has 0 saturated heterocycles. The summed E-state index contributed by atoms with van der Waals surface area (Å²) in [5.74, 6) is -0.747. The summed E-state index contributed by atoms with van der Waals surface area (Å²) in [5, 5.41) is 28.2. The van der Waals surface area contributed by atoms with E-state index >= 15 is 0 Å². The Hall–Kier alpha value is -3.89. The van der Waals surface area contributed by atoms with E-state index in [0.29, 0.717) is 0 Å². The molecule has 0 spiro atoms. The van der Waals surface area contributed by atoms with E-state index in [-0.39, 0.29) is 28.6 Å². The minimum absolute atomic E-state index is 0.0793. The molecular formula is C15H13N7O4. The van der Waals surface area contributed by atoms with Crippen molar-refractivity contribution < 1.29 is 14.8 Å². The number of phenols is 1. The number of nitrogens with zero attached hydrogens (tertiary/aromatic N) is 6. The Morgan fingerprint density at radius 1 is 1.35 bits per heavy atom.